The number of carbonyl (C=O) groups excluding carboxylic acids is 2. The second kappa shape index (κ2) is 10.5. The second-order valence-corrected chi connectivity index (χ2v) is 9.29. The number of nitrogens with zero attached hydrogens (tertiary/aromatic N) is 3. The number of pyridine rings is 1. The van der Waals surface area contributed by atoms with E-state index in [1.807, 2.05) is 31.2 Å². The van der Waals surface area contributed by atoms with Crippen LogP contribution >= 0.6 is 23.5 Å². The molecule has 0 radical (unpaired) electrons. The van der Waals surface area contributed by atoms with Gasteiger partial charge in [-0.3, -0.25) is 14.4 Å². The molecule has 172 valence electrons. The first kappa shape index (κ1) is 23.5. The van der Waals surface area contributed by atoms with Gasteiger partial charge >= 0.3 is 0 Å². The molecule has 0 fully saturated rings. The van der Waals surface area contributed by atoms with Crippen LogP contribution in [-0.4, -0.2) is 37.9 Å². The summed E-state index contributed by atoms with van der Waals surface area (Å²) in [5.74, 6) is -0.140. The van der Waals surface area contributed by atoms with E-state index < -0.39 is 5.91 Å². The van der Waals surface area contributed by atoms with Crippen LogP contribution in [0.4, 0.5) is 5.69 Å². The number of fused-ring (bicyclic) bond motifs is 1. The Morgan fingerprint density at radius 3 is 2.59 bits per heavy atom. The summed E-state index contributed by atoms with van der Waals surface area (Å²) in [5.41, 5.74) is 7.07. The highest BCUT2D eigenvalue weighted by atomic mass is 32.2. The topological polar surface area (TPSA) is 120 Å². The van der Waals surface area contributed by atoms with Crippen LogP contribution in [0.15, 0.2) is 81.7 Å². The van der Waals surface area contributed by atoms with Gasteiger partial charge < -0.3 is 11.1 Å². The summed E-state index contributed by atoms with van der Waals surface area (Å²) in [6, 6.07) is 17.9. The molecule has 0 saturated heterocycles. The van der Waals surface area contributed by atoms with Crippen molar-refractivity contribution in [3.63, 3.8) is 0 Å². The standard InChI is InChI=1S/C24H21N5O3S2/c1-15-10-11-26-21(12-15)29-23(32)16-6-2-3-7-17(16)28-24(29)34-14-22(31)27-18-8-4-5-9-19(18)33-13-20(25)30/h2-12H,13-14H2,1H3,(H2,25,30)(H,27,31). The number of hydrogen-bond donors (Lipinski definition) is 2. The quantitative estimate of drug-likeness (QED) is 0.286. The SMILES string of the molecule is Cc1ccnc(-n2c(SCC(=O)Nc3ccccc3SCC(N)=O)nc3ccccc3c2=O)c1. The van der Waals surface area contributed by atoms with Crippen molar-refractivity contribution >= 4 is 51.9 Å². The van der Waals surface area contributed by atoms with Gasteiger partial charge in [0.2, 0.25) is 11.8 Å². The molecule has 0 bridgehead atoms. The number of thioether (sulfide) groups is 2. The molecule has 0 aliphatic carbocycles. The lowest BCUT2D eigenvalue weighted by molar-refractivity contribution is -0.115. The van der Waals surface area contributed by atoms with E-state index >= 15 is 0 Å². The third-order valence-corrected chi connectivity index (χ3v) is 6.77. The average molecular weight is 492 g/mol. The normalized spacial score (nSPS) is 10.9. The zero-order valence-electron chi connectivity index (χ0n) is 18.2. The second-order valence-electron chi connectivity index (χ2n) is 7.33. The van der Waals surface area contributed by atoms with Gasteiger partial charge in [0, 0.05) is 11.1 Å². The van der Waals surface area contributed by atoms with E-state index in [4.69, 9.17) is 5.73 Å². The molecule has 0 atom stereocenters. The highest BCUT2D eigenvalue weighted by Crippen LogP contribution is 2.27. The molecule has 34 heavy (non-hydrogen) atoms. The summed E-state index contributed by atoms with van der Waals surface area (Å²) in [4.78, 5) is 46.9. The number of primary amides is 1. The molecule has 2 aromatic heterocycles. The summed E-state index contributed by atoms with van der Waals surface area (Å²) >= 11 is 2.40. The fraction of sp³-hybridized carbons (Fsp3) is 0.125. The van der Waals surface area contributed by atoms with Gasteiger partial charge in [-0.05, 0) is 48.9 Å². The van der Waals surface area contributed by atoms with E-state index in [0.717, 1.165) is 22.2 Å². The first-order valence-corrected chi connectivity index (χ1v) is 12.3. The Hall–Kier alpha value is -3.63. The number of aryl methyl sites for hydroxylation is 1. The largest absolute Gasteiger partial charge is 0.369 e. The number of para-hydroxylation sites is 2. The number of nitrogens with one attached hydrogen (secondary N) is 1. The molecule has 0 aliphatic rings. The lowest BCUT2D eigenvalue weighted by Gasteiger charge is -2.13. The monoisotopic (exact) mass is 491 g/mol. The van der Waals surface area contributed by atoms with E-state index in [1.165, 1.54) is 16.3 Å². The Kier molecular flexibility index (Phi) is 7.29. The molecule has 3 N–H and O–H groups in total. The van der Waals surface area contributed by atoms with E-state index in [2.05, 4.69) is 15.3 Å². The third kappa shape index (κ3) is 5.46. The molecule has 2 heterocycles. The van der Waals surface area contributed by atoms with Crippen LogP contribution < -0.4 is 16.6 Å². The first-order valence-electron chi connectivity index (χ1n) is 10.3. The minimum atomic E-state index is -0.438. The minimum absolute atomic E-state index is 0.0193. The van der Waals surface area contributed by atoms with Gasteiger partial charge in [0.1, 0.15) is 5.82 Å². The summed E-state index contributed by atoms with van der Waals surface area (Å²) < 4.78 is 1.43. The fourth-order valence-electron chi connectivity index (χ4n) is 3.21. The van der Waals surface area contributed by atoms with Crippen LogP contribution in [0.5, 0.6) is 0 Å². The smallest absolute Gasteiger partial charge is 0.267 e. The Balaban J connectivity index is 1.60. The summed E-state index contributed by atoms with van der Waals surface area (Å²) in [5, 5.41) is 3.70. The summed E-state index contributed by atoms with van der Waals surface area (Å²) in [6.45, 7) is 1.92. The molecular weight excluding hydrogens is 470 g/mol. The fourth-order valence-corrected chi connectivity index (χ4v) is 4.76. The van der Waals surface area contributed by atoms with Crippen molar-refractivity contribution in [1.29, 1.82) is 0 Å². The Bertz CT molecular complexity index is 1440. The Morgan fingerprint density at radius 1 is 1.03 bits per heavy atom. The highest BCUT2D eigenvalue weighted by Gasteiger charge is 2.16. The van der Waals surface area contributed by atoms with Crippen molar-refractivity contribution in [3.8, 4) is 5.82 Å². The van der Waals surface area contributed by atoms with Crippen molar-refractivity contribution < 1.29 is 9.59 Å². The Morgan fingerprint density at radius 2 is 1.79 bits per heavy atom. The number of nitrogens with two attached hydrogens (primary N) is 1. The van der Waals surface area contributed by atoms with Crippen molar-refractivity contribution in [2.75, 3.05) is 16.8 Å². The molecule has 2 aromatic carbocycles. The molecule has 2 amide bonds. The van der Waals surface area contributed by atoms with Gasteiger partial charge in [0.15, 0.2) is 5.16 Å². The minimum Gasteiger partial charge on any atom is -0.369 e. The van der Waals surface area contributed by atoms with Gasteiger partial charge in [-0.1, -0.05) is 36.0 Å². The highest BCUT2D eigenvalue weighted by molar-refractivity contribution is 8.00. The van der Waals surface area contributed by atoms with Crippen LogP contribution in [0.2, 0.25) is 0 Å². The molecule has 0 unspecified atom stereocenters. The maximum atomic E-state index is 13.3. The molecule has 4 aromatic rings. The van der Waals surface area contributed by atoms with E-state index in [9.17, 15) is 14.4 Å². The van der Waals surface area contributed by atoms with Crippen LogP contribution in [0, 0.1) is 6.92 Å². The summed E-state index contributed by atoms with van der Waals surface area (Å²) in [6.07, 6.45) is 1.63. The third-order valence-electron chi connectivity index (χ3n) is 4.74. The first-order chi connectivity index (χ1) is 16.4. The van der Waals surface area contributed by atoms with Crippen molar-refractivity contribution in [3.05, 3.63) is 82.8 Å². The molecule has 4 rings (SSSR count). The molecule has 8 nitrogen and oxygen atoms in total. The van der Waals surface area contributed by atoms with Gasteiger partial charge in [-0.2, -0.15) is 0 Å². The van der Waals surface area contributed by atoms with Gasteiger partial charge in [0.05, 0.1) is 28.1 Å². The lowest BCUT2D eigenvalue weighted by Crippen LogP contribution is -2.23. The summed E-state index contributed by atoms with van der Waals surface area (Å²) in [7, 11) is 0. The van der Waals surface area contributed by atoms with Crippen LogP contribution in [0.25, 0.3) is 16.7 Å². The molecule has 0 saturated carbocycles. The molecule has 10 heteroatoms. The van der Waals surface area contributed by atoms with Gasteiger partial charge in [0.25, 0.3) is 5.56 Å². The number of aromatic nitrogens is 3. The average Bonchev–Trinajstić information content (AvgIpc) is 2.82. The van der Waals surface area contributed by atoms with Crippen LogP contribution in [0.3, 0.4) is 0 Å². The maximum Gasteiger partial charge on any atom is 0.267 e. The number of hydrogen-bond acceptors (Lipinski definition) is 7. The zero-order valence-corrected chi connectivity index (χ0v) is 19.9. The Labute approximate surface area is 204 Å². The zero-order chi connectivity index (χ0) is 24.1. The lowest BCUT2D eigenvalue weighted by atomic mass is 10.2. The van der Waals surface area contributed by atoms with Crippen molar-refractivity contribution in [2.24, 2.45) is 5.73 Å². The van der Waals surface area contributed by atoms with Crippen LogP contribution in [-0.2, 0) is 9.59 Å². The van der Waals surface area contributed by atoms with Crippen molar-refractivity contribution in [2.45, 2.75) is 17.0 Å². The van der Waals surface area contributed by atoms with E-state index in [0.29, 0.717) is 27.6 Å². The number of carbonyl (C=O) groups is 2. The molecular formula is C24H21N5O3S2. The maximum absolute atomic E-state index is 13.3. The number of rotatable bonds is 8. The van der Waals surface area contributed by atoms with Gasteiger partial charge in [-0.15, -0.1) is 11.8 Å². The van der Waals surface area contributed by atoms with E-state index in [1.54, 1.807) is 42.6 Å². The van der Waals surface area contributed by atoms with Gasteiger partial charge in [-0.25, -0.2) is 14.5 Å². The van der Waals surface area contributed by atoms with Crippen molar-refractivity contribution in [1.82, 2.24) is 14.5 Å². The predicted molar refractivity (Wildman–Crippen MR) is 136 cm³/mol. The predicted octanol–water partition coefficient (Wildman–Crippen LogP) is 3.40. The number of amides is 2. The van der Waals surface area contributed by atoms with Crippen LogP contribution in [0.1, 0.15) is 5.56 Å². The van der Waals surface area contributed by atoms with E-state index in [-0.39, 0.29) is 23.0 Å². The molecule has 0 spiro atoms. The molecule has 0 aliphatic heterocycles. The number of benzene rings is 2. The number of anilines is 1.